The van der Waals surface area contributed by atoms with Crippen molar-refractivity contribution in [1.29, 1.82) is 0 Å². The van der Waals surface area contributed by atoms with Gasteiger partial charge in [-0.25, -0.2) is 4.79 Å². The normalized spacial score (nSPS) is 20.1. The SMILES string of the molecule is C[C@@H](c1ccc(CC2=CCN(C)C(O)C2)cc1)N(C(=O)O)C(C)(C)C. The molecular weight excluding hydrogens is 316 g/mol. The van der Waals surface area contributed by atoms with E-state index in [2.05, 4.69) is 18.2 Å². The molecule has 0 saturated heterocycles. The van der Waals surface area contributed by atoms with E-state index in [1.807, 2.05) is 51.8 Å². The van der Waals surface area contributed by atoms with Crippen LogP contribution in [0.2, 0.25) is 0 Å². The molecule has 1 heterocycles. The minimum atomic E-state index is -0.908. The molecule has 2 N–H and O–H groups in total. The second-order valence-electron chi connectivity index (χ2n) is 7.90. The lowest BCUT2D eigenvalue weighted by molar-refractivity contribution is 0.0240. The molecule has 0 aliphatic carbocycles. The molecule has 5 nitrogen and oxygen atoms in total. The van der Waals surface area contributed by atoms with E-state index in [-0.39, 0.29) is 6.04 Å². The number of benzene rings is 1. The van der Waals surface area contributed by atoms with E-state index in [1.165, 1.54) is 16.0 Å². The maximum Gasteiger partial charge on any atom is 0.408 e. The third kappa shape index (κ3) is 4.83. The molecule has 0 spiro atoms. The van der Waals surface area contributed by atoms with Gasteiger partial charge in [0, 0.05) is 18.5 Å². The van der Waals surface area contributed by atoms with Crippen LogP contribution in [0.25, 0.3) is 0 Å². The molecule has 1 unspecified atom stereocenters. The molecule has 1 aromatic rings. The largest absolute Gasteiger partial charge is 0.465 e. The fraction of sp³-hybridized carbons (Fsp3) is 0.550. The topological polar surface area (TPSA) is 64.0 Å². The zero-order chi connectivity index (χ0) is 18.8. The number of hydrogen-bond acceptors (Lipinski definition) is 3. The number of aliphatic hydroxyl groups is 1. The molecule has 25 heavy (non-hydrogen) atoms. The minimum Gasteiger partial charge on any atom is -0.465 e. The number of carboxylic acid groups (broad SMARTS) is 1. The first kappa shape index (κ1) is 19.5. The van der Waals surface area contributed by atoms with Crippen LogP contribution in [0.3, 0.4) is 0 Å². The predicted octanol–water partition coefficient (Wildman–Crippen LogP) is 3.65. The molecule has 138 valence electrons. The molecule has 1 amide bonds. The first-order chi connectivity index (χ1) is 11.6. The van der Waals surface area contributed by atoms with Crippen LogP contribution in [0.5, 0.6) is 0 Å². The molecule has 1 aliphatic rings. The van der Waals surface area contributed by atoms with Crippen molar-refractivity contribution in [3.63, 3.8) is 0 Å². The Morgan fingerprint density at radius 3 is 2.40 bits per heavy atom. The predicted molar refractivity (Wildman–Crippen MR) is 99.5 cm³/mol. The second kappa shape index (κ2) is 7.58. The van der Waals surface area contributed by atoms with Crippen molar-refractivity contribution in [3.8, 4) is 0 Å². The molecular formula is C20H30N2O3. The molecule has 0 radical (unpaired) electrons. The highest BCUT2D eigenvalue weighted by molar-refractivity contribution is 5.66. The maximum absolute atomic E-state index is 11.6. The summed E-state index contributed by atoms with van der Waals surface area (Å²) in [6, 6.07) is 7.91. The van der Waals surface area contributed by atoms with Gasteiger partial charge in [0.05, 0.1) is 6.04 Å². The van der Waals surface area contributed by atoms with Crippen LogP contribution in [-0.2, 0) is 6.42 Å². The number of aliphatic hydroxyl groups excluding tert-OH is 1. The van der Waals surface area contributed by atoms with Gasteiger partial charge in [0.25, 0.3) is 0 Å². The van der Waals surface area contributed by atoms with Gasteiger partial charge in [0.15, 0.2) is 0 Å². The van der Waals surface area contributed by atoms with Gasteiger partial charge in [0.1, 0.15) is 6.23 Å². The zero-order valence-corrected chi connectivity index (χ0v) is 15.9. The monoisotopic (exact) mass is 346 g/mol. The van der Waals surface area contributed by atoms with Gasteiger partial charge < -0.3 is 10.2 Å². The van der Waals surface area contributed by atoms with E-state index in [1.54, 1.807) is 0 Å². The average molecular weight is 346 g/mol. The fourth-order valence-electron chi connectivity index (χ4n) is 3.37. The Balaban J connectivity index is 2.10. The van der Waals surface area contributed by atoms with Crippen molar-refractivity contribution in [2.45, 2.75) is 58.3 Å². The summed E-state index contributed by atoms with van der Waals surface area (Å²) >= 11 is 0. The Bertz CT molecular complexity index is 631. The first-order valence-corrected chi connectivity index (χ1v) is 8.77. The molecule has 0 bridgehead atoms. The number of amides is 1. The van der Waals surface area contributed by atoms with Gasteiger partial charge in [-0.05, 0) is 52.3 Å². The standard InChI is InChI=1S/C20H30N2O3/c1-14(22(19(24)25)20(2,3)4)17-8-6-15(7-9-17)12-16-10-11-21(5)18(23)13-16/h6-10,14,18,23H,11-13H2,1-5H3,(H,24,25)/t14-,18?/m0/s1. The summed E-state index contributed by atoms with van der Waals surface area (Å²) in [7, 11) is 1.91. The number of rotatable bonds is 4. The molecule has 0 fully saturated rings. The second-order valence-corrected chi connectivity index (χ2v) is 7.90. The van der Waals surface area contributed by atoms with Crippen LogP contribution < -0.4 is 0 Å². The van der Waals surface area contributed by atoms with E-state index in [0.717, 1.165) is 18.5 Å². The Kier molecular flexibility index (Phi) is 5.91. The average Bonchev–Trinajstić information content (AvgIpc) is 2.50. The van der Waals surface area contributed by atoms with E-state index in [9.17, 15) is 15.0 Å². The van der Waals surface area contributed by atoms with Crippen molar-refractivity contribution < 1.29 is 15.0 Å². The summed E-state index contributed by atoms with van der Waals surface area (Å²) in [6.45, 7) is 8.41. The number of likely N-dealkylation sites (N-methyl/N-ethyl adjacent to an activating group) is 1. The molecule has 0 aromatic heterocycles. The van der Waals surface area contributed by atoms with Gasteiger partial charge in [-0.2, -0.15) is 0 Å². The van der Waals surface area contributed by atoms with Crippen molar-refractivity contribution in [1.82, 2.24) is 9.80 Å². The van der Waals surface area contributed by atoms with Crippen molar-refractivity contribution in [3.05, 3.63) is 47.0 Å². The van der Waals surface area contributed by atoms with Crippen LogP contribution >= 0.6 is 0 Å². The molecule has 2 atom stereocenters. The highest BCUT2D eigenvalue weighted by atomic mass is 16.4. The lowest BCUT2D eigenvalue weighted by Gasteiger charge is -2.38. The Hall–Kier alpha value is -1.85. The summed E-state index contributed by atoms with van der Waals surface area (Å²) in [6.07, 6.45) is 2.35. The summed E-state index contributed by atoms with van der Waals surface area (Å²) in [5, 5.41) is 19.5. The smallest absolute Gasteiger partial charge is 0.408 e. The van der Waals surface area contributed by atoms with Crippen molar-refractivity contribution in [2.75, 3.05) is 13.6 Å². The third-order valence-electron chi connectivity index (χ3n) is 4.83. The highest BCUT2D eigenvalue weighted by Gasteiger charge is 2.31. The van der Waals surface area contributed by atoms with Gasteiger partial charge in [0.2, 0.25) is 0 Å². The van der Waals surface area contributed by atoms with E-state index < -0.39 is 17.9 Å². The van der Waals surface area contributed by atoms with Crippen LogP contribution in [0.4, 0.5) is 4.79 Å². The van der Waals surface area contributed by atoms with Gasteiger partial charge in [-0.3, -0.25) is 9.80 Å². The third-order valence-corrected chi connectivity index (χ3v) is 4.83. The Labute approximate surface area is 150 Å². The number of carbonyl (C=O) groups is 1. The van der Waals surface area contributed by atoms with Crippen LogP contribution in [-0.4, -0.2) is 51.5 Å². The van der Waals surface area contributed by atoms with Crippen molar-refractivity contribution >= 4 is 6.09 Å². The Morgan fingerprint density at radius 2 is 1.92 bits per heavy atom. The highest BCUT2D eigenvalue weighted by Crippen LogP contribution is 2.29. The molecule has 5 heteroatoms. The lowest BCUT2D eigenvalue weighted by atomic mass is 9.95. The molecule has 1 aliphatic heterocycles. The van der Waals surface area contributed by atoms with Crippen LogP contribution in [0.15, 0.2) is 35.9 Å². The zero-order valence-electron chi connectivity index (χ0n) is 15.9. The molecule has 2 rings (SSSR count). The molecule has 1 aromatic carbocycles. The van der Waals surface area contributed by atoms with Crippen LogP contribution in [0.1, 0.15) is 51.3 Å². The summed E-state index contributed by atoms with van der Waals surface area (Å²) in [4.78, 5) is 15.0. The van der Waals surface area contributed by atoms with Gasteiger partial charge in [-0.15, -0.1) is 0 Å². The quantitative estimate of drug-likeness (QED) is 0.817. The Morgan fingerprint density at radius 1 is 1.32 bits per heavy atom. The van der Waals surface area contributed by atoms with Crippen molar-refractivity contribution in [2.24, 2.45) is 0 Å². The number of hydrogen-bond donors (Lipinski definition) is 2. The minimum absolute atomic E-state index is 0.212. The molecule has 0 saturated carbocycles. The van der Waals surface area contributed by atoms with E-state index >= 15 is 0 Å². The van der Waals surface area contributed by atoms with Gasteiger partial charge >= 0.3 is 6.09 Å². The summed E-state index contributed by atoms with van der Waals surface area (Å²) in [5.74, 6) is 0. The van der Waals surface area contributed by atoms with Gasteiger partial charge in [-0.1, -0.05) is 35.9 Å². The first-order valence-electron chi connectivity index (χ1n) is 8.77. The maximum atomic E-state index is 11.6. The van der Waals surface area contributed by atoms with E-state index in [4.69, 9.17) is 0 Å². The van der Waals surface area contributed by atoms with E-state index in [0.29, 0.717) is 6.42 Å². The lowest BCUT2D eigenvalue weighted by Crippen LogP contribution is -2.46. The number of nitrogens with zero attached hydrogens (tertiary/aromatic N) is 2. The summed E-state index contributed by atoms with van der Waals surface area (Å²) < 4.78 is 0. The van der Waals surface area contributed by atoms with Crippen LogP contribution in [0, 0.1) is 0 Å². The fourth-order valence-corrected chi connectivity index (χ4v) is 3.37. The summed E-state index contributed by atoms with van der Waals surface area (Å²) in [5.41, 5.74) is 2.95.